The van der Waals surface area contributed by atoms with Crippen LogP contribution in [-0.2, 0) is 6.54 Å². The van der Waals surface area contributed by atoms with Gasteiger partial charge >= 0.3 is 0 Å². The zero-order valence-electron chi connectivity index (χ0n) is 11.8. The van der Waals surface area contributed by atoms with Crippen molar-refractivity contribution < 1.29 is 4.79 Å². The lowest BCUT2D eigenvalue weighted by Gasteiger charge is -2.10. The van der Waals surface area contributed by atoms with Crippen molar-refractivity contribution in [2.45, 2.75) is 26.8 Å². The number of aromatic nitrogens is 1. The van der Waals surface area contributed by atoms with Gasteiger partial charge in [0.2, 0.25) is 0 Å². The quantitative estimate of drug-likeness (QED) is 0.858. The van der Waals surface area contributed by atoms with Crippen molar-refractivity contribution in [2.75, 3.05) is 11.9 Å². The normalized spacial score (nSPS) is 10.3. The fourth-order valence-corrected chi connectivity index (χ4v) is 2.66. The molecule has 0 saturated carbocycles. The Hall–Kier alpha value is -1.88. The Bertz CT molecular complexity index is 580. The van der Waals surface area contributed by atoms with E-state index in [9.17, 15) is 4.79 Å². The number of amides is 1. The third kappa shape index (κ3) is 3.81. The molecule has 0 saturated heterocycles. The molecule has 1 amide bonds. The van der Waals surface area contributed by atoms with Crippen LogP contribution in [0.1, 0.15) is 33.5 Å². The second kappa shape index (κ2) is 7.05. The molecule has 2 rings (SSSR count). The maximum atomic E-state index is 12.2. The summed E-state index contributed by atoms with van der Waals surface area (Å²) in [7, 11) is 0. The van der Waals surface area contributed by atoms with E-state index in [1.165, 1.54) is 4.88 Å². The van der Waals surface area contributed by atoms with Gasteiger partial charge in [-0.05, 0) is 31.5 Å². The number of carbonyl (C=O) groups excluding carboxylic acids is 1. The lowest BCUT2D eigenvalue weighted by Crippen LogP contribution is -2.23. The van der Waals surface area contributed by atoms with Gasteiger partial charge in [-0.25, -0.2) is 0 Å². The highest BCUT2D eigenvalue weighted by atomic mass is 32.1. The van der Waals surface area contributed by atoms with Gasteiger partial charge < -0.3 is 10.6 Å². The number of nitrogens with one attached hydrogen (secondary N) is 2. The molecule has 5 heteroatoms. The van der Waals surface area contributed by atoms with Gasteiger partial charge in [0.15, 0.2) is 0 Å². The fraction of sp³-hybridized carbons (Fsp3) is 0.333. The van der Waals surface area contributed by atoms with Gasteiger partial charge in [0, 0.05) is 28.7 Å². The van der Waals surface area contributed by atoms with E-state index < -0.39 is 0 Å². The van der Waals surface area contributed by atoms with Gasteiger partial charge in [-0.3, -0.25) is 9.78 Å². The largest absolute Gasteiger partial charge is 0.384 e. The summed E-state index contributed by atoms with van der Waals surface area (Å²) in [6.45, 7) is 5.55. The summed E-state index contributed by atoms with van der Waals surface area (Å²) in [5, 5.41) is 6.18. The number of hydrogen-bond donors (Lipinski definition) is 2. The molecule has 0 spiro atoms. The van der Waals surface area contributed by atoms with Crippen molar-refractivity contribution in [3.63, 3.8) is 0 Å². The third-order valence-electron chi connectivity index (χ3n) is 2.85. The monoisotopic (exact) mass is 289 g/mol. The summed E-state index contributed by atoms with van der Waals surface area (Å²) in [6.07, 6.45) is 4.31. The van der Waals surface area contributed by atoms with Gasteiger partial charge in [0.05, 0.1) is 17.8 Å². The molecule has 106 valence electrons. The highest BCUT2D eigenvalue weighted by molar-refractivity contribution is 7.11. The van der Waals surface area contributed by atoms with Gasteiger partial charge in [0.25, 0.3) is 5.91 Å². The first-order valence-corrected chi connectivity index (χ1v) is 7.53. The SMILES string of the molecule is CCCNc1ccncc1C(=O)NCc1ccc(C)s1. The summed E-state index contributed by atoms with van der Waals surface area (Å²) in [5.41, 5.74) is 1.43. The fourth-order valence-electron chi connectivity index (χ4n) is 1.83. The van der Waals surface area contributed by atoms with E-state index in [1.807, 2.05) is 12.1 Å². The lowest BCUT2D eigenvalue weighted by molar-refractivity contribution is 0.0951. The van der Waals surface area contributed by atoms with Crippen molar-refractivity contribution in [1.82, 2.24) is 10.3 Å². The van der Waals surface area contributed by atoms with E-state index in [2.05, 4.69) is 35.5 Å². The van der Waals surface area contributed by atoms with E-state index >= 15 is 0 Å². The molecule has 0 radical (unpaired) electrons. The molecular weight excluding hydrogens is 270 g/mol. The molecule has 4 nitrogen and oxygen atoms in total. The first kappa shape index (κ1) is 14.5. The smallest absolute Gasteiger partial charge is 0.255 e. The number of aryl methyl sites for hydroxylation is 1. The molecule has 2 heterocycles. The van der Waals surface area contributed by atoms with Crippen LogP contribution in [-0.4, -0.2) is 17.4 Å². The van der Waals surface area contributed by atoms with Crippen LogP contribution in [0, 0.1) is 6.92 Å². The van der Waals surface area contributed by atoms with E-state index in [0.717, 1.165) is 23.5 Å². The van der Waals surface area contributed by atoms with Crippen molar-refractivity contribution in [3.05, 3.63) is 45.9 Å². The van der Waals surface area contributed by atoms with Crippen molar-refractivity contribution in [2.24, 2.45) is 0 Å². The number of nitrogens with zero attached hydrogens (tertiary/aromatic N) is 1. The third-order valence-corrected chi connectivity index (χ3v) is 3.85. The number of pyridine rings is 1. The summed E-state index contributed by atoms with van der Waals surface area (Å²) in [5.74, 6) is -0.0947. The number of rotatable bonds is 6. The molecule has 20 heavy (non-hydrogen) atoms. The van der Waals surface area contributed by atoms with E-state index in [1.54, 1.807) is 23.7 Å². The van der Waals surface area contributed by atoms with Gasteiger partial charge in [-0.15, -0.1) is 11.3 Å². The predicted molar refractivity (Wildman–Crippen MR) is 83.2 cm³/mol. The second-order valence-electron chi connectivity index (χ2n) is 4.54. The van der Waals surface area contributed by atoms with Crippen LogP contribution < -0.4 is 10.6 Å². The summed E-state index contributed by atoms with van der Waals surface area (Å²) < 4.78 is 0. The maximum absolute atomic E-state index is 12.2. The standard InChI is InChI=1S/C15H19N3OS/c1-3-7-17-14-6-8-16-10-13(14)15(19)18-9-12-5-4-11(2)20-12/h4-6,8,10H,3,7,9H2,1-2H3,(H,16,17)(H,18,19). The number of hydrogen-bond acceptors (Lipinski definition) is 4. The first-order valence-electron chi connectivity index (χ1n) is 6.72. The molecule has 0 aliphatic heterocycles. The predicted octanol–water partition coefficient (Wildman–Crippen LogP) is 3.20. The van der Waals surface area contributed by atoms with Crippen molar-refractivity contribution >= 4 is 22.9 Å². The minimum atomic E-state index is -0.0947. The van der Waals surface area contributed by atoms with Crippen LogP contribution in [0.25, 0.3) is 0 Å². The molecule has 2 aromatic rings. The van der Waals surface area contributed by atoms with Crippen LogP contribution >= 0.6 is 11.3 Å². The molecule has 0 aromatic carbocycles. The van der Waals surface area contributed by atoms with Crippen LogP contribution in [0.3, 0.4) is 0 Å². The molecule has 0 unspecified atom stereocenters. The van der Waals surface area contributed by atoms with Crippen LogP contribution in [0.4, 0.5) is 5.69 Å². The Morgan fingerprint density at radius 3 is 2.90 bits per heavy atom. The van der Waals surface area contributed by atoms with Crippen molar-refractivity contribution in [3.8, 4) is 0 Å². The highest BCUT2D eigenvalue weighted by Crippen LogP contribution is 2.16. The first-order chi connectivity index (χ1) is 9.70. The molecule has 2 aromatic heterocycles. The van der Waals surface area contributed by atoms with Crippen LogP contribution in [0.5, 0.6) is 0 Å². The summed E-state index contributed by atoms with van der Waals surface area (Å²) >= 11 is 1.70. The molecule has 2 N–H and O–H groups in total. The van der Waals surface area contributed by atoms with Gasteiger partial charge in [-0.2, -0.15) is 0 Å². The lowest BCUT2D eigenvalue weighted by atomic mass is 10.2. The Balaban J connectivity index is 2.01. The molecule has 0 bridgehead atoms. The second-order valence-corrected chi connectivity index (χ2v) is 5.92. The van der Waals surface area contributed by atoms with Crippen molar-refractivity contribution in [1.29, 1.82) is 0 Å². The summed E-state index contributed by atoms with van der Waals surface area (Å²) in [4.78, 5) is 18.7. The Morgan fingerprint density at radius 1 is 1.35 bits per heavy atom. The van der Waals surface area contributed by atoms with E-state index in [-0.39, 0.29) is 5.91 Å². The minimum Gasteiger partial charge on any atom is -0.384 e. The number of carbonyl (C=O) groups is 1. The number of anilines is 1. The van der Waals surface area contributed by atoms with E-state index in [4.69, 9.17) is 0 Å². The summed E-state index contributed by atoms with van der Waals surface area (Å²) in [6, 6.07) is 5.93. The van der Waals surface area contributed by atoms with Crippen LogP contribution in [0.2, 0.25) is 0 Å². The zero-order valence-corrected chi connectivity index (χ0v) is 12.6. The molecule has 0 atom stereocenters. The Labute approximate surface area is 123 Å². The zero-order chi connectivity index (χ0) is 14.4. The van der Waals surface area contributed by atoms with Gasteiger partial charge in [0.1, 0.15) is 0 Å². The van der Waals surface area contributed by atoms with Gasteiger partial charge in [-0.1, -0.05) is 6.92 Å². The Morgan fingerprint density at radius 2 is 2.20 bits per heavy atom. The molecular formula is C15H19N3OS. The number of thiophene rings is 1. The highest BCUT2D eigenvalue weighted by Gasteiger charge is 2.11. The minimum absolute atomic E-state index is 0.0947. The average Bonchev–Trinajstić information content (AvgIpc) is 2.88. The molecule has 0 fully saturated rings. The van der Waals surface area contributed by atoms with E-state index in [0.29, 0.717) is 12.1 Å². The van der Waals surface area contributed by atoms with Crippen LogP contribution in [0.15, 0.2) is 30.6 Å². The average molecular weight is 289 g/mol. The molecule has 0 aliphatic rings. The maximum Gasteiger partial charge on any atom is 0.255 e. The Kier molecular flexibility index (Phi) is 5.12. The topological polar surface area (TPSA) is 54.0 Å². The molecule has 0 aliphatic carbocycles.